The third-order valence-electron chi connectivity index (χ3n) is 5.28. The van der Waals surface area contributed by atoms with Crippen molar-refractivity contribution in [3.8, 4) is 0 Å². The zero-order valence-electron chi connectivity index (χ0n) is 14.6. The Hall–Kier alpha value is -2.56. The van der Waals surface area contributed by atoms with Gasteiger partial charge in [-0.2, -0.15) is 0 Å². The van der Waals surface area contributed by atoms with Crippen molar-refractivity contribution < 1.29 is 4.79 Å². The van der Waals surface area contributed by atoms with Gasteiger partial charge in [-0.1, -0.05) is 18.2 Å². The number of fused-ring (bicyclic) bond motifs is 1. The monoisotopic (exact) mass is 336 g/mol. The van der Waals surface area contributed by atoms with Crippen LogP contribution in [0.3, 0.4) is 0 Å². The third kappa shape index (κ3) is 3.18. The minimum absolute atomic E-state index is 0.128. The minimum atomic E-state index is 0.128. The molecule has 1 aliphatic heterocycles. The number of nitrogens with one attached hydrogen (secondary N) is 1. The number of hydrogen-bond donors (Lipinski definition) is 1. The van der Waals surface area contributed by atoms with Gasteiger partial charge >= 0.3 is 0 Å². The van der Waals surface area contributed by atoms with E-state index in [9.17, 15) is 4.79 Å². The fraction of sp³-hybridized carbons (Fsp3) is 0.400. The van der Waals surface area contributed by atoms with Crippen molar-refractivity contribution in [3.63, 3.8) is 0 Å². The van der Waals surface area contributed by atoms with Crippen LogP contribution in [0.1, 0.15) is 42.0 Å². The summed E-state index contributed by atoms with van der Waals surface area (Å²) in [6.45, 7) is 3.78. The molecule has 0 radical (unpaired) electrons. The van der Waals surface area contributed by atoms with Gasteiger partial charge in [-0.25, -0.2) is 4.98 Å². The first-order valence-electron chi connectivity index (χ1n) is 9.09. The van der Waals surface area contributed by atoms with E-state index in [2.05, 4.69) is 19.4 Å². The Labute approximate surface area is 147 Å². The van der Waals surface area contributed by atoms with Gasteiger partial charge < -0.3 is 14.5 Å². The second-order valence-corrected chi connectivity index (χ2v) is 6.87. The van der Waals surface area contributed by atoms with Crippen molar-refractivity contribution >= 4 is 16.8 Å². The molecule has 5 heteroatoms. The number of piperidine rings is 1. The Kier molecular flexibility index (Phi) is 4.30. The quantitative estimate of drug-likeness (QED) is 0.789. The fourth-order valence-corrected chi connectivity index (χ4v) is 3.84. The van der Waals surface area contributed by atoms with Gasteiger partial charge in [0.25, 0.3) is 5.91 Å². The molecule has 1 N–H and O–H groups in total. The highest BCUT2D eigenvalue weighted by Gasteiger charge is 2.28. The smallest absolute Gasteiger partial charge is 0.270 e. The number of aromatic nitrogens is 3. The van der Waals surface area contributed by atoms with Crippen LogP contribution in [0.25, 0.3) is 10.9 Å². The van der Waals surface area contributed by atoms with Crippen molar-refractivity contribution in [2.45, 2.75) is 45.2 Å². The Morgan fingerprint density at radius 3 is 3.00 bits per heavy atom. The lowest BCUT2D eigenvalue weighted by molar-refractivity contribution is 0.0590. The van der Waals surface area contributed by atoms with Crippen LogP contribution < -0.4 is 0 Å². The summed E-state index contributed by atoms with van der Waals surface area (Å²) in [6, 6.07) is 10.3. The number of H-pyrrole nitrogens is 1. The molecule has 0 spiro atoms. The first-order valence-corrected chi connectivity index (χ1v) is 9.09. The van der Waals surface area contributed by atoms with Crippen molar-refractivity contribution in [3.05, 3.63) is 54.2 Å². The topological polar surface area (TPSA) is 53.9 Å². The molecular weight excluding hydrogens is 312 g/mol. The van der Waals surface area contributed by atoms with Crippen LogP contribution in [0.4, 0.5) is 0 Å². The fourth-order valence-electron chi connectivity index (χ4n) is 3.84. The molecule has 4 rings (SSSR count). The standard InChI is InChI=1S/C20H24N4O/c1-15-21-10-13-23(15)12-9-17-7-4-5-11-24(17)20(25)19-14-16-6-2-3-8-18(16)22-19/h2-3,6,8,10,13-14,17,22H,4-5,7,9,11-12H2,1H3/t17-/m0/s1. The molecule has 0 aliphatic carbocycles. The van der Waals surface area contributed by atoms with Crippen molar-refractivity contribution in [1.82, 2.24) is 19.4 Å². The highest BCUT2D eigenvalue weighted by molar-refractivity contribution is 5.98. The second kappa shape index (κ2) is 6.75. The van der Waals surface area contributed by atoms with Gasteiger partial charge in [-0.3, -0.25) is 4.79 Å². The van der Waals surface area contributed by atoms with Crippen molar-refractivity contribution in [2.75, 3.05) is 6.54 Å². The number of carbonyl (C=O) groups is 1. The van der Waals surface area contributed by atoms with Crippen LogP contribution >= 0.6 is 0 Å². The Morgan fingerprint density at radius 1 is 1.32 bits per heavy atom. The van der Waals surface area contributed by atoms with Crippen molar-refractivity contribution in [1.29, 1.82) is 0 Å². The SMILES string of the molecule is Cc1nccn1CC[C@@H]1CCCCN1C(=O)c1cc2ccccc2[nH]1. The highest BCUT2D eigenvalue weighted by atomic mass is 16.2. The van der Waals surface area contributed by atoms with Gasteiger partial charge in [0.05, 0.1) is 0 Å². The Morgan fingerprint density at radius 2 is 2.20 bits per heavy atom. The molecule has 1 aromatic carbocycles. The summed E-state index contributed by atoms with van der Waals surface area (Å²) in [6.07, 6.45) is 8.20. The van der Waals surface area contributed by atoms with Crippen LogP contribution in [-0.4, -0.2) is 37.9 Å². The molecule has 5 nitrogen and oxygen atoms in total. The van der Waals surface area contributed by atoms with E-state index in [1.807, 2.05) is 49.6 Å². The summed E-state index contributed by atoms with van der Waals surface area (Å²) >= 11 is 0. The van der Waals surface area contributed by atoms with E-state index in [4.69, 9.17) is 0 Å². The van der Waals surface area contributed by atoms with E-state index in [-0.39, 0.29) is 5.91 Å². The van der Waals surface area contributed by atoms with E-state index < -0.39 is 0 Å². The molecule has 0 bridgehead atoms. The Balaban J connectivity index is 1.51. The maximum atomic E-state index is 13.1. The van der Waals surface area contributed by atoms with E-state index >= 15 is 0 Å². The number of benzene rings is 1. The third-order valence-corrected chi connectivity index (χ3v) is 5.28. The van der Waals surface area contributed by atoms with E-state index in [0.29, 0.717) is 11.7 Å². The van der Waals surface area contributed by atoms with Gasteiger partial charge in [0.1, 0.15) is 11.5 Å². The minimum Gasteiger partial charge on any atom is -0.351 e. The lowest BCUT2D eigenvalue weighted by Gasteiger charge is -2.35. The molecule has 0 unspecified atom stereocenters. The van der Waals surface area contributed by atoms with Gasteiger partial charge in [-0.05, 0) is 44.7 Å². The first-order chi connectivity index (χ1) is 12.2. The maximum Gasteiger partial charge on any atom is 0.270 e. The van der Waals surface area contributed by atoms with Crippen LogP contribution in [0.2, 0.25) is 0 Å². The molecule has 3 aromatic rings. The summed E-state index contributed by atoms with van der Waals surface area (Å²) in [5.41, 5.74) is 1.72. The van der Waals surface area contributed by atoms with Gasteiger partial charge in [0, 0.05) is 42.4 Å². The number of aromatic amines is 1. The van der Waals surface area contributed by atoms with Gasteiger partial charge in [0.2, 0.25) is 0 Å². The normalized spacial score (nSPS) is 18.0. The molecule has 1 atom stereocenters. The highest BCUT2D eigenvalue weighted by Crippen LogP contribution is 2.24. The predicted molar refractivity (Wildman–Crippen MR) is 98.6 cm³/mol. The lowest BCUT2D eigenvalue weighted by atomic mass is 9.98. The molecule has 1 saturated heterocycles. The lowest BCUT2D eigenvalue weighted by Crippen LogP contribution is -2.44. The molecule has 0 saturated carbocycles. The zero-order valence-corrected chi connectivity index (χ0v) is 14.6. The summed E-state index contributed by atoms with van der Waals surface area (Å²) < 4.78 is 2.17. The summed E-state index contributed by atoms with van der Waals surface area (Å²) in [7, 11) is 0. The van der Waals surface area contributed by atoms with E-state index in [0.717, 1.165) is 49.1 Å². The number of rotatable bonds is 4. The largest absolute Gasteiger partial charge is 0.351 e. The number of amides is 1. The average molecular weight is 336 g/mol. The summed E-state index contributed by atoms with van der Waals surface area (Å²) in [4.78, 5) is 22.7. The predicted octanol–water partition coefficient (Wildman–Crippen LogP) is 3.76. The number of para-hydroxylation sites is 1. The molecule has 3 heterocycles. The number of carbonyl (C=O) groups excluding carboxylic acids is 1. The van der Waals surface area contributed by atoms with Crippen LogP contribution in [-0.2, 0) is 6.54 Å². The number of likely N-dealkylation sites (tertiary alicyclic amines) is 1. The zero-order chi connectivity index (χ0) is 17.2. The van der Waals surface area contributed by atoms with Gasteiger partial charge in [-0.15, -0.1) is 0 Å². The van der Waals surface area contributed by atoms with Crippen LogP contribution in [0, 0.1) is 6.92 Å². The number of aryl methyl sites for hydroxylation is 2. The number of nitrogens with zero attached hydrogens (tertiary/aromatic N) is 3. The van der Waals surface area contributed by atoms with E-state index in [1.54, 1.807) is 0 Å². The number of imidazole rings is 1. The molecular formula is C20H24N4O. The van der Waals surface area contributed by atoms with Crippen molar-refractivity contribution in [2.24, 2.45) is 0 Å². The average Bonchev–Trinajstić information content (AvgIpc) is 3.25. The number of hydrogen-bond acceptors (Lipinski definition) is 2. The first kappa shape index (κ1) is 15.9. The maximum absolute atomic E-state index is 13.1. The molecule has 25 heavy (non-hydrogen) atoms. The molecule has 1 aliphatic rings. The van der Waals surface area contributed by atoms with Crippen LogP contribution in [0.5, 0.6) is 0 Å². The van der Waals surface area contributed by atoms with E-state index in [1.165, 1.54) is 6.42 Å². The van der Waals surface area contributed by atoms with Gasteiger partial charge in [0.15, 0.2) is 0 Å². The molecule has 130 valence electrons. The summed E-state index contributed by atoms with van der Waals surface area (Å²) in [5, 5.41) is 1.09. The molecule has 1 amide bonds. The Bertz CT molecular complexity index is 846. The summed E-state index contributed by atoms with van der Waals surface area (Å²) in [5.74, 6) is 1.16. The molecule has 1 fully saturated rings. The van der Waals surface area contributed by atoms with Crippen LogP contribution in [0.15, 0.2) is 42.7 Å². The second-order valence-electron chi connectivity index (χ2n) is 6.87. The molecule has 2 aromatic heterocycles.